The van der Waals surface area contributed by atoms with Crippen molar-refractivity contribution in [2.75, 3.05) is 7.11 Å². The maximum Gasteiger partial charge on any atom is 0.119 e. The molecule has 3 aliphatic carbocycles. The first-order chi connectivity index (χ1) is 12.9. The Labute approximate surface area is 161 Å². The average Bonchev–Trinajstić information content (AvgIpc) is 2.87. The number of nitriles is 1. The van der Waals surface area contributed by atoms with Gasteiger partial charge in [-0.15, -0.1) is 6.58 Å². The molecule has 4 heteroatoms. The third-order valence-electron chi connectivity index (χ3n) is 8.04. The monoisotopic (exact) mass is 367 g/mol. The van der Waals surface area contributed by atoms with E-state index in [1.807, 2.05) is 12.1 Å². The van der Waals surface area contributed by atoms with E-state index < -0.39 is 17.1 Å². The summed E-state index contributed by atoms with van der Waals surface area (Å²) in [5.74, 6) is 2.06. The molecule has 1 aromatic rings. The van der Waals surface area contributed by atoms with Crippen LogP contribution in [0.4, 0.5) is 0 Å². The molecule has 0 saturated heterocycles. The van der Waals surface area contributed by atoms with Crippen LogP contribution in [0, 0.1) is 34.5 Å². The van der Waals surface area contributed by atoms with E-state index in [1.54, 1.807) is 7.11 Å². The molecule has 0 amide bonds. The molecule has 1 aromatic carbocycles. The summed E-state index contributed by atoms with van der Waals surface area (Å²) in [6.45, 7) is 6.19. The maximum atomic E-state index is 11.4. The van der Waals surface area contributed by atoms with Gasteiger partial charge in [-0.3, -0.25) is 0 Å². The van der Waals surface area contributed by atoms with Gasteiger partial charge in [0.05, 0.1) is 25.7 Å². The van der Waals surface area contributed by atoms with Gasteiger partial charge in [0.2, 0.25) is 0 Å². The summed E-state index contributed by atoms with van der Waals surface area (Å²) < 4.78 is 5.41. The Kier molecular flexibility index (Phi) is 4.36. The third-order valence-corrected chi connectivity index (χ3v) is 8.04. The van der Waals surface area contributed by atoms with Crippen LogP contribution in [-0.4, -0.2) is 29.0 Å². The number of hydrogen-bond acceptors (Lipinski definition) is 4. The second-order valence-corrected chi connectivity index (χ2v) is 8.93. The van der Waals surface area contributed by atoms with Crippen molar-refractivity contribution in [1.29, 1.82) is 5.26 Å². The molecule has 0 bridgehead atoms. The fourth-order valence-corrected chi connectivity index (χ4v) is 6.64. The second kappa shape index (κ2) is 6.36. The molecule has 4 nitrogen and oxygen atoms in total. The Morgan fingerprint density at radius 2 is 2.22 bits per heavy atom. The summed E-state index contributed by atoms with van der Waals surface area (Å²) >= 11 is 0. The molecule has 2 saturated carbocycles. The van der Waals surface area contributed by atoms with Gasteiger partial charge >= 0.3 is 0 Å². The molecule has 144 valence electrons. The molecular formula is C23H29NO3. The van der Waals surface area contributed by atoms with Gasteiger partial charge in [0.25, 0.3) is 0 Å². The van der Waals surface area contributed by atoms with E-state index in [0.29, 0.717) is 18.3 Å². The molecule has 0 aliphatic heterocycles. The lowest BCUT2D eigenvalue weighted by Crippen LogP contribution is -2.55. The van der Waals surface area contributed by atoms with Crippen molar-refractivity contribution < 1.29 is 14.9 Å². The first-order valence-electron chi connectivity index (χ1n) is 9.96. The number of aliphatic hydroxyl groups excluding tert-OH is 1. The quantitative estimate of drug-likeness (QED) is 0.801. The van der Waals surface area contributed by atoms with Crippen molar-refractivity contribution >= 4 is 0 Å². The topological polar surface area (TPSA) is 73.5 Å². The molecule has 2 fully saturated rings. The Morgan fingerprint density at radius 1 is 1.44 bits per heavy atom. The van der Waals surface area contributed by atoms with Crippen molar-refractivity contribution in [1.82, 2.24) is 0 Å². The predicted octanol–water partition coefficient (Wildman–Crippen LogP) is 3.58. The number of rotatable bonds is 3. The largest absolute Gasteiger partial charge is 0.497 e. The lowest BCUT2D eigenvalue weighted by Gasteiger charge is -2.55. The summed E-state index contributed by atoms with van der Waals surface area (Å²) in [6.07, 6.45) is 4.51. The number of aryl methyl sites for hydroxylation is 1. The van der Waals surface area contributed by atoms with E-state index in [2.05, 4.69) is 31.7 Å². The highest BCUT2D eigenvalue weighted by atomic mass is 16.5. The molecule has 2 N–H and O–H groups in total. The first-order valence-corrected chi connectivity index (χ1v) is 9.96. The van der Waals surface area contributed by atoms with E-state index in [1.165, 1.54) is 11.1 Å². The SMILES string of the molecule is C=C[C@H]1C[C@@]2(C)[C@@H](C[C@@H](O)[C@@]2(O)CC#N)[C@@H]2CCc3cc(OC)ccc3[C@H]21. The van der Waals surface area contributed by atoms with Crippen LogP contribution in [0.15, 0.2) is 30.9 Å². The average molecular weight is 367 g/mol. The summed E-state index contributed by atoms with van der Waals surface area (Å²) in [4.78, 5) is 0. The van der Waals surface area contributed by atoms with Gasteiger partial charge < -0.3 is 14.9 Å². The fourth-order valence-electron chi connectivity index (χ4n) is 6.64. The molecule has 0 heterocycles. The highest BCUT2D eigenvalue weighted by molar-refractivity contribution is 5.42. The Hall–Kier alpha value is -1.83. The van der Waals surface area contributed by atoms with E-state index in [0.717, 1.165) is 25.0 Å². The van der Waals surface area contributed by atoms with Crippen molar-refractivity contribution in [3.05, 3.63) is 42.0 Å². The summed E-state index contributed by atoms with van der Waals surface area (Å²) in [6, 6.07) is 8.49. The van der Waals surface area contributed by atoms with Crippen LogP contribution in [0.3, 0.4) is 0 Å². The molecule has 4 rings (SSSR count). The number of benzene rings is 1. The highest BCUT2D eigenvalue weighted by Gasteiger charge is 2.66. The predicted molar refractivity (Wildman–Crippen MR) is 103 cm³/mol. The smallest absolute Gasteiger partial charge is 0.119 e. The molecule has 0 spiro atoms. The van der Waals surface area contributed by atoms with Crippen LogP contribution >= 0.6 is 0 Å². The Bertz CT molecular complexity index is 799. The molecule has 0 radical (unpaired) electrons. The van der Waals surface area contributed by atoms with E-state index in [-0.39, 0.29) is 18.3 Å². The van der Waals surface area contributed by atoms with Crippen LogP contribution in [0.5, 0.6) is 5.75 Å². The van der Waals surface area contributed by atoms with Crippen molar-refractivity contribution in [3.8, 4) is 11.8 Å². The van der Waals surface area contributed by atoms with E-state index >= 15 is 0 Å². The number of ether oxygens (including phenoxy) is 1. The first kappa shape index (κ1) is 18.5. The number of methoxy groups -OCH3 is 1. The van der Waals surface area contributed by atoms with Crippen LogP contribution in [0.2, 0.25) is 0 Å². The van der Waals surface area contributed by atoms with Gasteiger partial charge in [0, 0.05) is 5.41 Å². The highest BCUT2D eigenvalue weighted by Crippen LogP contribution is 2.66. The summed E-state index contributed by atoms with van der Waals surface area (Å²) in [5.41, 5.74) is 0.909. The normalized spacial score (nSPS) is 42.4. The number of allylic oxidation sites excluding steroid dienone is 1. The van der Waals surface area contributed by atoms with Crippen molar-refractivity contribution in [2.24, 2.45) is 23.2 Å². The zero-order valence-corrected chi connectivity index (χ0v) is 16.2. The minimum absolute atomic E-state index is 0.0177. The minimum Gasteiger partial charge on any atom is -0.497 e. The zero-order chi connectivity index (χ0) is 19.4. The van der Waals surface area contributed by atoms with Crippen molar-refractivity contribution in [3.63, 3.8) is 0 Å². The molecule has 0 unspecified atom stereocenters. The van der Waals surface area contributed by atoms with E-state index in [4.69, 9.17) is 4.74 Å². The zero-order valence-electron chi connectivity index (χ0n) is 16.2. The molecule has 27 heavy (non-hydrogen) atoms. The van der Waals surface area contributed by atoms with Crippen LogP contribution < -0.4 is 4.74 Å². The van der Waals surface area contributed by atoms with Gasteiger partial charge in [-0.2, -0.15) is 5.26 Å². The number of hydrogen-bond donors (Lipinski definition) is 2. The number of nitrogens with zero attached hydrogens (tertiary/aromatic N) is 1. The lowest BCUT2D eigenvalue weighted by molar-refractivity contribution is -0.144. The number of fused-ring (bicyclic) bond motifs is 5. The fraction of sp³-hybridized carbons (Fsp3) is 0.609. The lowest BCUT2D eigenvalue weighted by atomic mass is 9.49. The summed E-state index contributed by atoms with van der Waals surface area (Å²) in [5, 5.41) is 31.4. The maximum absolute atomic E-state index is 11.4. The molecule has 0 aromatic heterocycles. The Morgan fingerprint density at radius 3 is 2.89 bits per heavy atom. The Balaban J connectivity index is 1.78. The summed E-state index contributed by atoms with van der Waals surface area (Å²) in [7, 11) is 1.70. The third kappa shape index (κ3) is 2.41. The standard InChI is InChI=1S/C23H29NO3/c1-4-14-13-22(2)19(12-20(25)23(22,26)9-10-24)18-7-5-15-11-16(27-3)6-8-17(15)21(14)18/h4,6,8,11,14,18-21,25-26H,1,5,7,9,12-13H2,2-3H3/t14-,18-,19-,20+,21+,22-,23-/m0/s1. The van der Waals surface area contributed by atoms with Crippen LogP contribution in [0.25, 0.3) is 0 Å². The molecule has 7 atom stereocenters. The van der Waals surface area contributed by atoms with E-state index in [9.17, 15) is 15.5 Å². The van der Waals surface area contributed by atoms with Gasteiger partial charge in [-0.25, -0.2) is 0 Å². The second-order valence-electron chi connectivity index (χ2n) is 8.93. The number of aliphatic hydroxyl groups is 2. The van der Waals surface area contributed by atoms with Gasteiger partial charge in [-0.1, -0.05) is 19.1 Å². The molecule has 3 aliphatic rings. The van der Waals surface area contributed by atoms with Gasteiger partial charge in [0.1, 0.15) is 11.4 Å². The molecular weight excluding hydrogens is 338 g/mol. The van der Waals surface area contributed by atoms with Crippen LogP contribution in [0.1, 0.15) is 49.7 Å². The van der Waals surface area contributed by atoms with Gasteiger partial charge in [0.15, 0.2) is 0 Å². The van der Waals surface area contributed by atoms with Gasteiger partial charge in [-0.05, 0) is 72.6 Å². The van der Waals surface area contributed by atoms with Crippen LogP contribution in [-0.2, 0) is 6.42 Å². The minimum atomic E-state index is -1.33. The van der Waals surface area contributed by atoms with Crippen molar-refractivity contribution in [2.45, 2.75) is 56.7 Å².